The van der Waals surface area contributed by atoms with E-state index in [1.165, 1.54) is 0 Å². The number of carboxylic acid groups (broad SMARTS) is 1. The summed E-state index contributed by atoms with van der Waals surface area (Å²) in [4.78, 5) is 15.6. The Morgan fingerprint density at radius 2 is 1.29 bits per heavy atom. The molecule has 0 aliphatic heterocycles. The molecule has 4 aromatic carbocycles. The molecule has 5 heteroatoms. The van der Waals surface area contributed by atoms with Crippen LogP contribution in [0.5, 0.6) is 5.75 Å². The highest BCUT2D eigenvalue weighted by atomic mass is 16.5. The molecule has 5 aromatic rings. The molecule has 0 aliphatic rings. The minimum absolute atomic E-state index is 0.459. The van der Waals surface area contributed by atoms with Gasteiger partial charge < -0.3 is 19.1 Å². The van der Waals surface area contributed by atoms with Crippen LogP contribution >= 0.6 is 0 Å². The maximum atomic E-state index is 10.7. The summed E-state index contributed by atoms with van der Waals surface area (Å²) in [5.41, 5.74) is 5.36. The Bertz CT molecular complexity index is 1370. The van der Waals surface area contributed by atoms with Crippen LogP contribution in [0.3, 0.4) is 0 Å². The number of aliphatic carboxylic acids is 1. The van der Waals surface area contributed by atoms with Gasteiger partial charge in [-0.05, 0) is 35.4 Å². The van der Waals surface area contributed by atoms with E-state index >= 15 is 0 Å². The normalized spacial score (nSPS) is 10.7. The van der Waals surface area contributed by atoms with Crippen LogP contribution in [0, 0.1) is 0 Å². The quantitative estimate of drug-likeness (QED) is 0.331. The van der Waals surface area contributed by atoms with E-state index in [0.29, 0.717) is 17.4 Å². The third-order valence-corrected chi connectivity index (χ3v) is 5.34. The Morgan fingerprint density at radius 1 is 0.706 bits per heavy atom. The second-order valence-electron chi connectivity index (χ2n) is 7.70. The van der Waals surface area contributed by atoms with E-state index < -0.39 is 12.6 Å². The average molecular weight is 446 g/mol. The lowest BCUT2D eigenvalue weighted by Gasteiger charge is -2.09. The summed E-state index contributed by atoms with van der Waals surface area (Å²) >= 11 is 0. The second-order valence-corrected chi connectivity index (χ2v) is 7.70. The minimum Gasteiger partial charge on any atom is -0.546 e. The van der Waals surface area contributed by atoms with E-state index in [-0.39, 0.29) is 0 Å². The highest BCUT2D eigenvalue weighted by molar-refractivity contribution is 5.80. The largest absolute Gasteiger partial charge is 0.546 e. The molecular formula is C29H20NO4-. The number of rotatable bonds is 7. The van der Waals surface area contributed by atoms with Crippen molar-refractivity contribution in [2.45, 2.75) is 0 Å². The van der Waals surface area contributed by atoms with Gasteiger partial charge in [0.15, 0.2) is 5.76 Å². The zero-order valence-corrected chi connectivity index (χ0v) is 18.2. The SMILES string of the molecule is O=C([O-])COc1cccc(-c2cccc(-c3nc(-c4ccccc4)c(-c4ccccc4)o3)c2)c1. The molecule has 0 N–H and O–H groups in total. The molecule has 1 heterocycles. The fourth-order valence-corrected chi connectivity index (χ4v) is 3.76. The van der Waals surface area contributed by atoms with Crippen molar-refractivity contribution in [3.05, 3.63) is 109 Å². The van der Waals surface area contributed by atoms with Gasteiger partial charge in [-0.3, -0.25) is 0 Å². The van der Waals surface area contributed by atoms with Crippen LogP contribution in [-0.4, -0.2) is 17.6 Å². The van der Waals surface area contributed by atoms with Crippen LogP contribution in [0.25, 0.3) is 45.2 Å². The zero-order chi connectivity index (χ0) is 23.3. The topological polar surface area (TPSA) is 75.4 Å². The highest BCUT2D eigenvalue weighted by Gasteiger charge is 2.18. The first kappa shape index (κ1) is 21.2. The van der Waals surface area contributed by atoms with E-state index in [4.69, 9.17) is 14.1 Å². The maximum Gasteiger partial charge on any atom is 0.227 e. The summed E-state index contributed by atoms with van der Waals surface area (Å²) in [7, 11) is 0. The van der Waals surface area contributed by atoms with E-state index in [9.17, 15) is 9.90 Å². The maximum absolute atomic E-state index is 10.7. The summed E-state index contributed by atoms with van der Waals surface area (Å²) in [5.74, 6) is 0.425. The average Bonchev–Trinajstić information content (AvgIpc) is 3.35. The minimum atomic E-state index is -1.26. The van der Waals surface area contributed by atoms with Gasteiger partial charge in [0.05, 0.1) is 5.97 Å². The van der Waals surface area contributed by atoms with Crippen molar-refractivity contribution in [3.63, 3.8) is 0 Å². The molecule has 0 radical (unpaired) electrons. The zero-order valence-electron chi connectivity index (χ0n) is 18.2. The molecule has 5 nitrogen and oxygen atoms in total. The lowest BCUT2D eigenvalue weighted by molar-refractivity contribution is -0.307. The van der Waals surface area contributed by atoms with Gasteiger partial charge >= 0.3 is 0 Å². The molecule has 0 spiro atoms. The Hall–Kier alpha value is -4.64. The number of aromatic nitrogens is 1. The van der Waals surface area contributed by atoms with Crippen molar-refractivity contribution in [1.82, 2.24) is 4.98 Å². The Labute approximate surface area is 196 Å². The summed E-state index contributed by atoms with van der Waals surface area (Å²) in [6.07, 6.45) is 0. The predicted octanol–water partition coefficient (Wildman–Crippen LogP) is 5.47. The van der Waals surface area contributed by atoms with Gasteiger partial charge in [-0.25, -0.2) is 4.98 Å². The number of hydrogen-bond donors (Lipinski definition) is 0. The van der Waals surface area contributed by atoms with Crippen LogP contribution in [0.1, 0.15) is 0 Å². The molecule has 34 heavy (non-hydrogen) atoms. The Balaban J connectivity index is 1.54. The number of carbonyl (C=O) groups is 1. The first-order valence-electron chi connectivity index (χ1n) is 10.8. The van der Waals surface area contributed by atoms with Gasteiger partial charge in [0.25, 0.3) is 0 Å². The van der Waals surface area contributed by atoms with Gasteiger partial charge in [-0.15, -0.1) is 0 Å². The molecule has 0 aliphatic carbocycles. The number of carbonyl (C=O) groups excluding carboxylic acids is 1. The molecule has 166 valence electrons. The summed E-state index contributed by atoms with van der Waals surface area (Å²) in [5, 5.41) is 10.7. The van der Waals surface area contributed by atoms with Gasteiger partial charge in [-0.1, -0.05) is 84.9 Å². The number of benzene rings is 4. The first-order chi connectivity index (χ1) is 16.7. The summed E-state index contributed by atoms with van der Waals surface area (Å²) < 4.78 is 11.6. The lowest BCUT2D eigenvalue weighted by Crippen LogP contribution is -2.28. The van der Waals surface area contributed by atoms with E-state index in [1.807, 2.05) is 97.1 Å². The van der Waals surface area contributed by atoms with E-state index in [1.54, 1.807) is 12.1 Å². The summed E-state index contributed by atoms with van der Waals surface area (Å²) in [6.45, 7) is -0.496. The molecule has 0 saturated heterocycles. The molecule has 0 bridgehead atoms. The van der Waals surface area contributed by atoms with E-state index in [2.05, 4.69) is 0 Å². The number of hydrogen-bond acceptors (Lipinski definition) is 5. The molecule has 0 amide bonds. The molecule has 0 fully saturated rings. The van der Waals surface area contributed by atoms with Crippen molar-refractivity contribution in [2.75, 3.05) is 6.61 Å². The van der Waals surface area contributed by atoms with Crippen LogP contribution in [-0.2, 0) is 4.79 Å². The van der Waals surface area contributed by atoms with Crippen molar-refractivity contribution < 1.29 is 19.1 Å². The number of ether oxygens (including phenoxy) is 1. The lowest BCUT2D eigenvalue weighted by atomic mass is 10.0. The van der Waals surface area contributed by atoms with Gasteiger partial charge in [0.1, 0.15) is 18.1 Å². The van der Waals surface area contributed by atoms with Crippen LogP contribution in [0.15, 0.2) is 114 Å². The first-order valence-corrected chi connectivity index (χ1v) is 10.8. The highest BCUT2D eigenvalue weighted by Crippen LogP contribution is 2.37. The van der Waals surface area contributed by atoms with Crippen LogP contribution in [0.4, 0.5) is 0 Å². The summed E-state index contributed by atoms with van der Waals surface area (Å²) in [6, 6.07) is 35.0. The Morgan fingerprint density at radius 3 is 2.00 bits per heavy atom. The number of nitrogens with zero attached hydrogens (tertiary/aromatic N) is 1. The van der Waals surface area contributed by atoms with Gasteiger partial charge in [-0.2, -0.15) is 0 Å². The van der Waals surface area contributed by atoms with Gasteiger partial charge in [0.2, 0.25) is 5.89 Å². The molecule has 0 unspecified atom stereocenters. The Kier molecular flexibility index (Phi) is 5.91. The van der Waals surface area contributed by atoms with E-state index in [0.717, 1.165) is 33.5 Å². The molecule has 5 rings (SSSR count). The third kappa shape index (κ3) is 4.59. The smallest absolute Gasteiger partial charge is 0.227 e. The molecular weight excluding hydrogens is 426 g/mol. The van der Waals surface area contributed by atoms with Crippen molar-refractivity contribution in [3.8, 4) is 50.9 Å². The van der Waals surface area contributed by atoms with Crippen LogP contribution < -0.4 is 9.84 Å². The van der Waals surface area contributed by atoms with Crippen LogP contribution in [0.2, 0.25) is 0 Å². The monoisotopic (exact) mass is 446 g/mol. The second kappa shape index (κ2) is 9.46. The molecule has 1 aromatic heterocycles. The van der Waals surface area contributed by atoms with Crippen molar-refractivity contribution in [1.29, 1.82) is 0 Å². The van der Waals surface area contributed by atoms with Gasteiger partial charge in [0, 0.05) is 16.7 Å². The number of oxazole rings is 1. The fourth-order valence-electron chi connectivity index (χ4n) is 3.76. The molecule has 0 saturated carbocycles. The standard InChI is InChI=1S/C29H21NO4/c31-26(32)19-33-25-16-8-14-23(18-25)22-13-7-15-24(17-22)29-30-27(20-9-3-1-4-10-20)28(34-29)21-11-5-2-6-12-21/h1-18H,19H2,(H,31,32)/p-1. The predicted molar refractivity (Wildman–Crippen MR) is 129 cm³/mol. The van der Waals surface area contributed by atoms with Crippen molar-refractivity contribution in [2.24, 2.45) is 0 Å². The number of carboxylic acids is 1. The van der Waals surface area contributed by atoms with Crippen molar-refractivity contribution >= 4 is 5.97 Å². The third-order valence-electron chi connectivity index (χ3n) is 5.34. The fraction of sp³-hybridized carbons (Fsp3) is 0.0345. The molecule has 0 atom stereocenters.